The number of hydrazine groups is 1. The molecular weight excluding hydrogens is 252 g/mol. The molecule has 5 nitrogen and oxygen atoms in total. The third-order valence-electron chi connectivity index (χ3n) is 3.03. The van der Waals surface area contributed by atoms with Crippen molar-refractivity contribution in [2.45, 2.75) is 13.5 Å². The number of aromatic nitrogens is 1. The van der Waals surface area contributed by atoms with Crippen LogP contribution in [0, 0.1) is 0 Å². The Labute approximate surface area is 118 Å². The van der Waals surface area contributed by atoms with Gasteiger partial charge in [0.25, 0.3) is 5.91 Å². The summed E-state index contributed by atoms with van der Waals surface area (Å²) in [4.78, 5) is 18.3. The van der Waals surface area contributed by atoms with Crippen molar-refractivity contribution in [3.8, 4) is 0 Å². The van der Waals surface area contributed by atoms with Gasteiger partial charge in [0.15, 0.2) is 0 Å². The van der Waals surface area contributed by atoms with Crippen LogP contribution in [0.5, 0.6) is 0 Å². The van der Waals surface area contributed by atoms with E-state index in [4.69, 9.17) is 5.84 Å². The number of carbonyl (C=O) groups is 1. The van der Waals surface area contributed by atoms with Gasteiger partial charge in [-0.3, -0.25) is 10.6 Å². The Hall–Kier alpha value is -2.40. The van der Waals surface area contributed by atoms with Crippen LogP contribution in [0.1, 0.15) is 23.0 Å². The minimum absolute atomic E-state index is 0.0834. The number of hydrogen-bond donors (Lipinski definition) is 2. The third kappa shape index (κ3) is 3.33. The molecule has 104 valence electrons. The molecule has 0 saturated carbocycles. The number of benzene rings is 1. The number of rotatable bonds is 5. The van der Waals surface area contributed by atoms with E-state index in [1.165, 1.54) is 0 Å². The first kappa shape index (κ1) is 14.0. The van der Waals surface area contributed by atoms with Gasteiger partial charge in [0.1, 0.15) is 5.69 Å². The first-order valence-electron chi connectivity index (χ1n) is 6.50. The summed E-state index contributed by atoms with van der Waals surface area (Å²) in [5.74, 6) is 5.20. The zero-order valence-electron chi connectivity index (χ0n) is 11.4. The Bertz CT molecular complexity index is 554. The highest BCUT2D eigenvalue weighted by Crippen LogP contribution is 2.10. The predicted octanol–water partition coefficient (Wildman–Crippen LogP) is 2.03. The van der Waals surface area contributed by atoms with E-state index in [0.29, 0.717) is 24.5 Å². The molecule has 0 saturated heterocycles. The molecule has 2 aromatic rings. The summed E-state index contributed by atoms with van der Waals surface area (Å²) < 4.78 is 0. The van der Waals surface area contributed by atoms with Gasteiger partial charge in [-0.15, -0.1) is 0 Å². The average molecular weight is 270 g/mol. The Balaban J connectivity index is 2.12. The van der Waals surface area contributed by atoms with Gasteiger partial charge < -0.3 is 10.3 Å². The fraction of sp³-hybridized carbons (Fsp3) is 0.200. The second-order valence-corrected chi connectivity index (χ2v) is 4.38. The minimum Gasteiger partial charge on any atom is -0.333 e. The molecule has 1 heterocycles. The van der Waals surface area contributed by atoms with Crippen molar-refractivity contribution in [3.63, 3.8) is 0 Å². The van der Waals surface area contributed by atoms with Gasteiger partial charge in [-0.1, -0.05) is 30.3 Å². The first-order valence-corrected chi connectivity index (χ1v) is 6.50. The van der Waals surface area contributed by atoms with E-state index in [0.717, 1.165) is 5.56 Å². The summed E-state index contributed by atoms with van der Waals surface area (Å²) in [6.45, 7) is 3.16. The number of nitrogens with one attached hydrogen (secondary N) is 1. The van der Waals surface area contributed by atoms with E-state index in [-0.39, 0.29) is 5.91 Å². The number of nitrogens with zero attached hydrogens (tertiary/aromatic N) is 2. The molecule has 0 aliphatic heterocycles. The average Bonchev–Trinajstić information content (AvgIpc) is 2.53. The standard InChI is InChI=1S/C15H18N4O/c1-2-19(11-12-6-4-3-5-7-12)15(20)14-9-8-13(18-16)10-17-14/h3-10,18H,2,11,16H2,1H3. The maximum absolute atomic E-state index is 12.4. The highest BCUT2D eigenvalue weighted by molar-refractivity contribution is 5.92. The van der Waals surface area contributed by atoms with Crippen LogP contribution in [0.15, 0.2) is 48.7 Å². The lowest BCUT2D eigenvalue weighted by Gasteiger charge is -2.20. The van der Waals surface area contributed by atoms with Crippen LogP contribution in [-0.2, 0) is 6.54 Å². The second kappa shape index (κ2) is 6.68. The van der Waals surface area contributed by atoms with Crippen molar-refractivity contribution < 1.29 is 4.79 Å². The predicted molar refractivity (Wildman–Crippen MR) is 78.9 cm³/mol. The molecule has 0 atom stereocenters. The first-order chi connectivity index (χ1) is 9.74. The molecule has 20 heavy (non-hydrogen) atoms. The summed E-state index contributed by atoms with van der Waals surface area (Å²) >= 11 is 0. The number of nitrogens with two attached hydrogens (primary N) is 1. The van der Waals surface area contributed by atoms with Crippen molar-refractivity contribution in [1.29, 1.82) is 0 Å². The van der Waals surface area contributed by atoms with Gasteiger partial charge >= 0.3 is 0 Å². The second-order valence-electron chi connectivity index (χ2n) is 4.38. The van der Waals surface area contributed by atoms with E-state index in [9.17, 15) is 4.79 Å². The molecular formula is C15H18N4O. The summed E-state index contributed by atoms with van der Waals surface area (Å²) in [6, 6.07) is 13.3. The summed E-state index contributed by atoms with van der Waals surface area (Å²) in [5.41, 5.74) is 4.68. The van der Waals surface area contributed by atoms with Crippen LogP contribution >= 0.6 is 0 Å². The topological polar surface area (TPSA) is 71.2 Å². The number of nitrogen functional groups attached to an aromatic ring is 1. The maximum Gasteiger partial charge on any atom is 0.272 e. The van der Waals surface area contributed by atoms with Crippen LogP contribution in [-0.4, -0.2) is 22.3 Å². The van der Waals surface area contributed by atoms with Gasteiger partial charge in [-0.05, 0) is 24.6 Å². The minimum atomic E-state index is -0.0834. The van der Waals surface area contributed by atoms with E-state index in [2.05, 4.69) is 10.4 Å². The van der Waals surface area contributed by atoms with Crippen molar-refractivity contribution in [3.05, 3.63) is 59.9 Å². The lowest BCUT2D eigenvalue weighted by molar-refractivity contribution is 0.0746. The fourth-order valence-electron chi connectivity index (χ4n) is 1.90. The lowest BCUT2D eigenvalue weighted by Crippen LogP contribution is -2.31. The zero-order chi connectivity index (χ0) is 14.4. The monoisotopic (exact) mass is 270 g/mol. The van der Waals surface area contributed by atoms with Crippen LogP contribution in [0.25, 0.3) is 0 Å². The SMILES string of the molecule is CCN(Cc1ccccc1)C(=O)c1ccc(NN)cn1. The highest BCUT2D eigenvalue weighted by atomic mass is 16.2. The molecule has 0 radical (unpaired) electrons. The maximum atomic E-state index is 12.4. The Morgan fingerprint density at radius 2 is 2.00 bits per heavy atom. The summed E-state index contributed by atoms with van der Waals surface area (Å²) in [6.07, 6.45) is 1.55. The lowest BCUT2D eigenvalue weighted by atomic mass is 10.2. The van der Waals surface area contributed by atoms with Crippen molar-refractivity contribution in [2.75, 3.05) is 12.0 Å². The molecule has 1 aromatic carbocycles. The van der Waals surface area contributed by atoms with Gasteiger partial charge in [0.2, 0.25) is 0 Å². The summed E-state index contributed by atoms with van der Waals surface area (Å²) in [5, 5.41) is 0. The number of carbonyl (C=O) groups excluding carboxylic acids is 1. The van der Waals surface area contributed by atoms with E-state index in [1.807, 2.05) is 37.3 Å². The number of amides is 1. The third-order valence-corrected chi connectivity index (χ3v) is 3.03. The van der Waals surface area contributed by atoms with Crippen LogP contribution in [0.4, 0.5) is 5.69 Å². The fourth-order valence-corrected chi connectivity index (χ4v) is 1.90. The Morgan fingerprint density at radius 1 is 1.25 bits per heavy atom. The molecule has 5 heteroatoms. The summed E-state index contributed by atoms with van der Waals surface area (Å²) in [7, 11) is 0. The Kier molecular flexibility index (Phi) is 4.68. The van der Waals surface area contributed by atoms with E-state index < -0.39 is 0 Å². The molecule has 0 fully saturated rings. The van der Waals surface area contributed by atoms with Crippen molar-refractivity contribution >= 4 is 11.6 Å². The van der Waals surface area contributed by atoms with Crippen LogP contribution in [0.2, 0.25) is 0 Å². The number of anilines is 1. The van der Waals surface area contributed by atoms with Gasteiger partial charge in [0.05, 0.1) is 11.9 Å². The Morgan fingerprint density at radius 3 is 2.55 bits per heavy atom. The quantitative estimate of drug-likeness (QED) is 0.644. The highest BCUT2D eigenvalue weighted by Gasteiger charge is 2.15. The molecule has 0 bridgehead atoms. The molecule has 0 aliphatic carbocycles. The zero-order valence-corrected chi connectivity index (χ0v) is 11.4. The molecule has 0 unspecified atom stereocenters. The van der Waals surface area contributed by atoms with Gasteiger partial charge in [-0.25, -0.2) is 4.98 Å². The number of hydrogen-bond acceptors (Lipinski definition) is 4. The van der Waals surface area contributed by atoms with Gasteiger partial charge in [0, 0.05) is 13.1 Å². The molecule has 2 rings (SSSR count). The van der Waals surface area contributed by atoms with Crippen LogP contribution in [0.3, 0.4) is 0 Å². The van der Waals surface area contributed by atoms with E-state index >= 15 is 0 Å². The molecule has 3 N–H and O–H groups in total. The van der Waals surface area contributed by atoms with Crippen molar-refractivity contribution in [2.24, 2.45) is 5.84 Å². The molecule has 1 amide bonds. The number of pyridine rings is 1. The van der Waals surface area contributed by atoms with Crippen molar-refractivity contribution in [1.82, 2.24) is 9.88 Å². The molecule has 0 spiro atoms. The van der Waals surface area contributed by atoms with E-state index in [1.54, 1.807) is 23.2 Å². The molecule has 1 aromatic heterocycles. The van der Waals surface area contributed by atoms with Crippen LogP contribution < -0.4 is 11.3 Å². The normalized spacial score (nSPS) is 10.1. The smallest absolute Gasteiger partial charge is 0.272 e. The van der Waals surface area contributed by atoms with Gasteiger partial charge in [-0.2, -0.15) is 0 Å². The molecule has 0 aliphatic rings. The largest absolute Gasteiger partial charge is 0.333 e.